The molecule has 10 heteroatoms. The van der Waals surface area contributed by atoms with Crippen LogP contribution in [0.3, 0.4) is 0 Å². The van der Waals surface area contributed by atoms with E-state index in [1.54, 1.807) is 0 Å². The molecule has 0 rings (SSSR count). The number of nitrogens with zero attached hydrogens (tertiary/aromatic N) is 1. The number of nitrogens with one attached hydrogen (secondary N) is 1. The molecule has 0 spiro atoms. The average Bonchev–Trinajstić information content (AvgIpc) is 3.34. The second kappa shape index (κ2) is 52.9. The summed E-state index contributed by atoms with van der Waals surface area (Å²) in [6, 6.07) is -0.882. The molecular weight excluding hydrogens is 916 g/mol. The summed E-state index contributed by atoms with van der Waals surface area (Å²) in [5.41, 5.74) is 0. The van der Waals surface area contributed by atoms with Crippen molar-refractivity contribution in [3.63, 3.8) is 0 Å². The van der Waals surface area contributed by atoms with Crippen molar-refractivity contribution < 1.29 is 37.3 Å². The maximum absolute atomic E-state index is 13.5. The summed E-state index contributed by atoms with van der Waals surface area (Å²) in [7, 11) is 1.20. The van der Waals surface area contributed by atoms with E-state index in [4.69, 9.17) is 13.8 Å². The first kappa shape index (κ1) is 70.5. The number of quaternary nitrogens is 1. The van der Waals surface area contributed by atoms with Gasteiger partial charge in [0.1, 0.15) is 19.3 Å². The molecule has 426 valence electrons. The van der Waals surface area contributed by atoms with Crippen molar-refractivity contribution in [2.24, 2.45) is 0 Å². The topological polar surface area (TPSA) is 114 Å². The standard InChI is InChI=1S/C62H121N2O7P/c1-7-10-13-16-19-22-25-27-29-31-32-33-35-37-40-43-46-49-52-55-62(66)71-60(53-50-47-44-41-38-24-21-18-15-12-9-3)59(58-70-72(67,68)69-57-56-64(4,5)6)63-61(65)54-51-48-45-42-39-36-34-30-28-26-23-20-17-14-11-8-2/h27,29,50,53,59-60H,7-26,28,30-49,51-52,54-58H2,1-6H3,(H-,63,65,67,68)/b29-27+,53-50+. The van der Waals surface area contributed by atoms with Crippen LogP contribution in [-0.2, 0) is 27.9 Å². The number of esters is 1. The van der Waals surface area contributed by atoms with Crippen molar-refractivity contribution >= 4 is 19.7 Å². The van der Waals surface area contributed by atoms with Crippen LogP contribution >= 0.6 is 7.82 Å². The molecule has 0 aromatic rings. The summed E-state index contributed by atoms with van der Waals surface area (Å²) >= 11 is 0. The summed E-state index contributed by atoms with van der Waals surface area (Å²) in [5.74, 6) is -0.528. The van der Waals surface area contributed by atoms with E-state index in [2.05, 4.69) is 38.2 Å². The number of phosphoric ester groups is 1. The highest BCUT2D eigenvalue weighted by molar-refractivity contribution is 7.45. The molecule has 0 saturated heterocycles. The van der Waals surface area contributed by atoms with Gasteiger partial charge in [-0.05, 0) is 57.4 Å². The van der Waals surface area contributed by atoms with Gasteiger partial charge in [-0.15, -0.1) is 0 Å². The summed E-state index contributed by atoms with van der Waals surface area (Å²) in [6.45, 7) is 6.87. The number of amides is 1. The predicted molar refractivity (Wildman–Crippen MR) is 307 cm³/mol. The Hall–Kier alpha value is -1.51. The number of phosphoric acid groups is 1. The average molecular weight is 1040 g/mol. The van der Waals surface area contributed by atoms with E-state index >= 15 is 0 Å². The van der Waals surface area contributed by atoms with E-state index in [-0.39, 0.29) is 31.5 Å². The van der Waals surface area contributed by atoms with Gasteiger partial charge in [-0.25, -0.2) is 0 Å². The molecule has 0 radical (unpaired) electrons. The summed E-state index contributed by atoms with van der Waals surface area (Å²) in [4.78, 5) is 39.9. The number of allylic oxidation sites excluding steroid dienone is 3. The van der Waals surface area contributed by atoms with Gasteiger partial charge in [0.25, 0.3) is 7.82 Å². The fourth-order valence-electron chi connectivity index (χ4n) is 9.28. The molecule has 3 unspecified atom stereocenters. The van der Waals surface area contributed by atoms with E-state index in [0.717, 1.165) is 57.8 Å². The zero-order valence-electron chi connectivity index (χ0n) is 48.7. The van der Waals surface area contributed by atoms with E-state index in [1.165, 1.54) is 218 Å². The first-order valence-electron chi connectivity index (χ1n) is 31.1. The van der Waals surface area contributed by atoms with Gasteiger partial charge in [-0.3, -0.25) is 14.2 Å². The second-order valence-corrected chi connectivity index (χ2v) is 24.0. The van der Waals surface area contributed by atoms with Crippen LogP contribution in [-0.4, -0.2) is 69.4 Å². The van der Waals surface area contributed by atoms with E-state index < -0.39 is 20.0 Å². The van der Waals surface area contributed by atoms with Gasteiger partial charge in [0, 0.05) is 12.8 Å². The first-order valence-corrected chi connectivity index (χ1v) is 32.6. The lowest BCUT2D eigenvalue weighted by Gasteiger charge is -2.30. The van der Waals surface area contributed by atoms with Crippen LogP contribution < -0.4 is 10.2 Å². The van der Waals surface area contributed by atoms with Gasteiger partial charge in [0.15, 0.2) is 0 Å². The van der Waals surface area contributed by atoms with Gasteiger partial charge in [-0.1, -0.05) is 264 Å². The van der Waals surface area contributed by atoms with Gasteiger partial charge in [-0.2, -0.15) is 0 Å². The number of likely N-dealkylation sites (N-methyl/N-ethyl adjacent to an activating group) is 1. The lowest BCUT2D eigenvalue weighted by molar-refractivity contribution is -0.870. The summed E-state index contributed by atoms with van der Waals surface area (Å²) in [5, 5.41) is 3.03. The number of unbranched alkanes of at least 4 members (excludes halogenated alkanes) is 39. The van der Waals surface area contributed by atoms with Crippen molar-refractivity contribution in [3.05, 3.63) is 24.3 Å². The zero-order chi connectivity index (χ0) is 52.9. The third kappa shape index (κ3) is 53.3. The molecule has 0 fully saturated rings. The molecular formula is C62H121N2O7P. The predicted octanol–water partition coefficient (Wildman–Crippen LogP) is 18.3. The minimum Gasteiger partial charge on any atom is -0.756 e. The molecule has 72 heavy (non-hydrogen) atoms. The molecule has 0 aliphatic heterocycles. The number of rotatable bonds is 57. The number of hydrogen-bond donors (Lipinski definition) is 1. The van der Waals surface area contributed by atoms with Gasteiger partial charge in [0.2, 0.25) is 5.91 Å². The van der Waals surface area contributed by atoms with Crippen molar-refractivity contribution in [3.8, 4) is 0 Å². The molecule has 0 bridgehead atoms. The van der Waals surface area contributed by atoms with Crippen LogP contribution in [0.25, 0.3) is 0 Å². The SMILES string of the molecule is CCCCCCCC/C=C/CCCCCCCCCCCC(=O)OC(/C=C/CCCCCCCCCCC)C(COP(=O)([O-])OCC[N+](C)(C)C)NC(=O)CCCCCCCCCCCCCCCCCC. The fraction of sp³-hybridized carbons (Fsp3) is 0.903. The summed E-state index contributed by atoms with van der Waals surface area (Å²) < 4.78 is 30.3. The lowest BCUT2D eigenvalue weighted by atomic mass is 10.0. The third-order valence-electron chi connectivity index (χ3n) is 14.1. The number of carbonyl (C=O) groups excluding carboxylic acids is 2. The largest absolute Gasteiger partial charge is 0.756 e. The Labute approximate surface area is 447 Å². The van der Waals surface area contributed by atoms with Crippen LogP contribution in [0.4, 0.5) is 0 Å². The smallest absolute Gasteiger partial charge is 0.306 e. The fourth-order valence-corrected chi connectivity index (χ4v) is 10.0. The van der Waals surface area contributed by atoms with Crippen LogP contribution in [0.15, 0.2) is 24.3 Å². The molecule has 1 amide bonds. The van der Waals surface area contributed by atoms with Crippen molar-refractivity contribution in [2.75, 3.05) is 40.9 Å². The Morgan fingerprint density at radius 3 is 1.18 bits per heavy atom. The Morgan fingerprint density at radius 2 is 0.806 bits per heavy atom. The van der Waals surface area contributed by atoms with Gasteiger partial charge < -0.3 is 28.5 Å². The number of hydrogen-bond acceptors (Lipinski definition) is 7. The van der Waals surface area contributed by atoms with Crippen molar-refractivity contribution in [1.82, 2.24) is 5.32 Å². The molecule has 0 saturated carbocycles. The molecule has 0 aliphatic carbocycles. The highest BCUT2D eigenvalue weighted by Gasteiger charge is 2.27. The highest BCUT2D eigenvalue weighted by atomic mass is 31.2. The second-order valence-electron chi connectivity index (χ2n) is 22.6. The quantitative estimate of drug-likeness (QED) is 0.0212. The zero-order valence-corrected chi connectivity index (χ0v) is 49.6. The Kier molecular flexibility index (Phi) is 51.8. The monoisotopic (exact) mass is 1040 g/mol. The molecule has 0 aromatic carbocycles. The van der Waals surface area contributed by atoms with Crippen LogP contribution in [0.5, 0.6) is 0 Å². The molecule has 1 N–H and O–H groups in total. The van der Waals surface area contributed by atoms with E-state index in [9.17, 15) is 19.0 Å². The minimum atomic E-state index is -4.69. The lowest BCUT2D eigenvalue weighted by Crippen LogP contribution is -2.47. The first-order chi connectivity index (χ1) is 34.9. The summed E-state index contributed by atoms with van der Waals surface area (Å²) in [6.07, 6.45) is 61.4. The maximum Gasteiger partial charge on any atom is 0.306 e. The Balaban J connectivity index is 5.19. The highest BCUT2D eigenvalue weighted by Crippen LogP contribution is 2.38. The molecule has 0 aliphatic rings. The number of carbonyl (C=O) groups is 2. The van der Waals surface area contributed by atoms with Crippen molar-refractivity contribution in [2.45, 2.75) is 322 Å². The van der Waals surface area contributed by atoms with Crippen LogP contribution in [0, 0.1) is 0 Å². The molecule has 3 atom stereocenters. The Bertz CT molecular complexity index is 1290. The molecule has 0 heterocycles. The molecule has 9 nitrogen and oxygen atoms in total. The number of ether oxygens (including phenoxy) is 1. The van der Waals surface area contributed by atoms with Crippen LogP contribution in [0.2, 0.25) is 0 Å². The third-order valence-corrected chi connectivity index (χ3v) is 15.1. The minimum absolute atomic E-state index is 0.0190. The van der Waals surface area contributed by atoms with Gasteiger partial charge >= 0.3 is 5.97 Å². The van der Waals surface area contributed by atoms with E-state index in [1.807, 2.05) is 33.3 Å². The van der Waals surface area contributed by atoms with Crippen molar-refractivity contribution in [1.29, 1.82) is 0 Å². The maximum atomic E-state index is 13.5. The van der Waals surface area contributed by atoms with Gasteiger partial charge in [0.05, 0.1) is 33.8 Å². The molecule has 0 aromatic heterocycles. The Morgan fingerprint density at radius 1 is 0.472 bits per heavy atom. The van der Waals surface area contributed by atoms with Crippen LogP contribution in [0.1, 0.15) is 310 Å². The van der Waals surface area contributed by atoms with E-state index in [0.29, 0.717) is 17.4 Å². The normalized spacial score (nSPS) is 13.8.